The molecule has 6 heteroatoms. The van der Waals surface area contributed by atoms with E-state index in [1.54, 1.807) is 0 Å². The lowest BCUT2D eigenvalue weighted by Gasteiger charge is -2.58. The molecule has 0 bridgehead atoms. The molecule has 3 fully saturated rings. The van der Waals surface area contributed by atoms with Crippen LogP contribution in [0.2, 0.25) is 0 Å². The molecule has 4 aliphatic carbocycles. The van der Waals surface area contributed by atoms with Crippen LogP contribution in [0.5, 0.6) is 0 Å². The molecular weight excluding hydrogens is 342 g/mol. The Morgan fingerprint density at radius 2 is 2.07 bits per heavy atom. The Labute approximate surface area is 161 Å². The highest BCUT2D eigenvalue weighted by Crippen LogP contribution is 2.65. The number of rotatable bonds is 3. The van der Waals surface area contributed by atoms with Crippen LogP contribution in [-0.4, -0.2) is 29.8 Å². The van der Waals surface area contributed by atoms with Crippen molar-refractivity contribution in [2.45, 2.75) is 77.4 Å². The minimum atomic E-state index is -0.556. The number of azide groups is 1. The summed E-state index contributed by atoms with van der Waals surface area (Å²) < 4.78 is 5.70. The van der Waals surface area contributed by atoms with Gasteiger partial charge in [-0.15, -0.1) is 0 Å². The summed E-state index contributed by atoms with van der Waals surface area (Å²) >= 11 is 0. The maximum absolute atomic E-state index is 11.4. The molecule has 0 heterocycles. The van der Waals surface area contributed by atoms with Gasteiger partial charge >= 0.3 is 0 Å². The molecule has 3 saturated carbocycles. The van der Waals surface area contributed by atoms with E-state index in [0.29, 0.717) is 11.8 Å². The number of aliphatic hydroxyl groups is 1. The van der Waals surface area contributed by atoms with Crippen LogP contribution in [-0.2, 0) is 9.53 Å². The van der Waals surface area contributed by atoms with Crippen LogP contribution in [0.4, 0.5) is 0 Å². The fourth-order valence-electron chi connectivity index (χ4n) is 7.06. The van der Waals surface area contributed by atoms with Gasteiger partial charge < -0.3 is 9.84 Å². The highest BCUT2D eigenvalue weighted by atomic mass is 16.5. The molecule has 148 valence electrons. The Bertz CT molecular complexity index is 701. The summed E-state index contributed by atoms with van der Waals surface area (Å²) in [6.07, 6.45) is 10.9. The number of fused-ring (bicyclic) bond motifs is 5. The van der Waals surface area contributed by atoms with Gasteiger partial charge in [0.2, 0.25) is 5.91 Å². The van der Waals surface area contributed by atoms with Gasteiger partial charge in [-0.3, -0.25) is 4.79 Å². The van der Waals surface area contributed by atoms with E-state index >= 15 is 0 Å². The minimum absolute atomic E-state index is 0.0513. The van der Waals surface area contributed by atoms with Crippen molar-refractivity contribution in [3.63, 3.8) is 0 Å². The van der Waals surface area contributed by atoms with Crippen LogP contribution in [0, 0.1) is 28.6 Å². The van der Waals surface area contributed by atoms with Crippen molar-refractivity contribution in [2.24, 2.45) is 33.7 Å². The Hall–Kier alpha value is -1.36. The molecule has 4 aliphatic rings. The average molecular weight is 373 g/mol. The lowest BCUT2D eigenvalue weighted by Crippen LogP contribution is -2.51. The Morgan fingerprint density at radius 1 is 1.26 bits per heavy atom. The SMILES string of the molecule is CC12CC[C@H](OCC(=O)N=[N+]=[N-])C=C1CCC1C2CCC2(C)C(O)CCC12. The number of ether oxygens (including phenoxy) is 1. The van der Waals surface area contributed by atoms with Crippen molar-refractivity contribution in [2.75, 3.05) is 6.61 Å². The smallest absolute Gasteiger partial charge is 0.244 e. The fourth-order valence-corrected chi connectivity index (χ4v) is 7.06. The predicted octanol–water partition coefficient (Wildman–Crippen LogP) is 4.53. The highest BCUT2D eigenvalue weighted by molar-refractivity contribution is 5.77. The lowest BCUT2D eigenvalue weighted by atomic mass is 9.47. The minimum Gasteiger partial charge on any atom is -0.393 e. The molecule has 0 aliphatic heterocycles. The summed E-state index contributed by atoms with van der Waals surface area (Å²) in [6, 6.07) is 0. The maximum Gasteiger partial charge on any atom is 0.244 e. The number of nitrogens with zero attached hydrogens (tertiary/aromatic N) is 3. The first-order chi connectivity index (χ1) is 12.9. The number of carbonyl (C=O) groups excluding carboxylic acids is 1. The zero-order valence-corrected chi connectivity index (χ0v) is 16.4. The number of aliphatic hydroxyl groups excluding tert-OH is 1. The van der Waals surface area contributed by atoms with Crippen molar-refractivity contribution in [3.8, 4) is 0 Å². The molecule has 1 N–H and O–H groups in total. The largest absolute Gasteiger partial charge is 0.393 e. The summed E-state index contributed by atoms with van der Waals surface area (Å²) in [5.41, 5.74) is 10.2. The van der Waals surface area contributed by atoms with Crippen LogP contribution in [0.15, 0.2) is 16.8 Å². The van der Waals surface area contributed by atoms with Gasteiger partial charge in [-0.25, -0.2) is 0 Å². The predicted molar refractivity (Wildman–Crippen MR) is 102 cm³/mol. The van der Waals surface area contributed by atoms with Gasteiger partial charge in [0.1, 0.15) is 6.61 Å². The van der Waals surface area contributed by atoms with Crippen molar-refractivity contribution < 1.29 is 14.6 Å². The number of hydrogen-bond donors (Lipinski definition) is 1. The summed E-state index contributed by atoms with van der Waals surface area (Å²) in [7, 11) is 0. The third-order valence-electron chi connectivity index (χ3n) is 8.60. The average Bonchev–Trinajstić information content (AvgIpc) is 2.95. The lowest BCUT2D eigenvalue weighted by molar-refractivity contribution is -0.124. The van der Waals surface area contributed by atoms with Gasteiger partial charge in [-0.1, -0.05) is 25.5 Å². The third kappa shape index (κ3) is 3.02. The van der Waals surface area contributed by atoms with Crippen molar-refractivity contribution in [1.82, 2.24) is 0 Å². The molecule has 0 aromatic rings. The maximum atomic E-state index is 11.4. The Kier molecular flexibility index (Phi) is 4.86. The summed E-state index contributed by atoms with van der Waals surface area (Å²) in [6.45, 7) is 4.62. The van der Waals surface area contributed by atoms with Crippen LogP contribution < -0.4 is 0 Å². The van der Waals surface area contributed by atoms with E-state index in [4.69, 9.17) is 10.3 Å². The molecule has 0 aromatic heterocycles. The van der Waals surface area contributed by atoms with E-state index < -0.39 is 5.91 Å². The number of carbonyl (C=O) groups is 1. The monoisotopic (exact) mass is 373 g/mol. The van der Waals surface area contributed by atoms with Crippen molar-refractivity contribution >= 4 is 5.91 Å². The first kappa shape index (κ1) is 19.0. The molecule has 0 spiro atoms. The Balaban J connectivity index is 1.49. The van der Waals surface area contributed by atoms with Crippen molar-refractivity contribution in [1.29, 1.82) is 0 Å². The van der Waals surface area contributed by atoms with Gasteiger partial charge in [0.05, 0.1) is 12.2 Å². The number of amides is 1. The quantitative estimate of drug-likeness (QED) is 0.341. The normalized spacial score (nSPS) is 45.7. The second kappa shape index (κ2) is 6.91. The molecular formula is C21H31N3O3. The summed E-state index contributed by atoms with van der Waals surface area (Å²) in [5.74, 6) is 1.54. The van der Waals surface area contributed by atoms with E-state index in [1.807, 2.05) is 0 Å². The van der Waals surface area contributed by atoms with Crippen LogP contribution in [0.1, 0.15) is 65.2 Å². The fraction of sp³-hybridized carbons (Fsp3) is 0.857. The molecule has 6 nitrogen and oxygen atoms in total. The van der Waals surface area contributed by atoms with E-state index in [0.717, 1.165) is 38.0 Å². The molecule has 0 radical (unpaired) electrons. The summed E-state index contributed by atoms with van der Waals surface area (Å²) in [4.78, 5) is 13.9. The van der Waals surface area contributed by atoms with Gasteiger partial charge in [0, 0.05) is 4.91 Å². The van der Waals surface area contributed by atoms with E-state index in [-0.39, 0.29) is 29.6 Å². The number of hydrogen-bond acceptors (Lipinski definition) is 3. The zero-order valence-electron chi connectivity index (χ0n) is 16.4. The van der Waals surface area contributed by atoms with E-state index in [1.165, 1.54) is 24.8 Å². The Morgan fingerprint density at radius 3 is 2.85 bits per heavy atom. The third-order valence-corrected chi connectivity index (χ3v) is 8.60. The molecule has 7 atom stereocenters. The molecule has 6 unspecified atom stereocenters. The standard InChI is InChI=1S/C21H31N3O3/c1-20-9-7-14(27-12-19(26)23-24-22)11-13(20)3-4-15-16-5-6-18(25)21(16,2)10-8-17(15)20/h11,14-18,25H,3-10,12H2,1-2H3/t14-,15?,16?,17?,18?,20?,21?/m0/s1. The van der Waals surface area contributed by atoms with Crippen LogP contribution in [0.25, 0.3) is 10.4 Å². The first-order valence-corrected chi connectivity index (χ1v) is 10.5. The van der Waals surface area contributed by atoms with Gasteiger partial charge in [0.15, 0.2) is 0 Å². The van der Waals surface area contributed by atoms with Gasteiger partial charge in [-0.2, -0.15) is 0 Å². The van der Waals surface area contributed by atoms with Gasteiger partial charge in [-0.05, 0) is 90.6 Å². The molecule has 0 aromatic carbocycles. The topological polar surface area (TPSA) is 95.3 Å². The van der Waals surface area contributed by atoms with Crippen LogP contribution >= 0.6 is 0 Å². The highest BCUT2D eigenvalue weighted by Gasteiger charge is 2.58. The summed E-state index contributed by atoms with van der Waals surface area (Å²) in [5, 5.41) is 13.6. The van der Waals surface area contributed by atoms with Crippen LogP contribution in [0.3, 0.4) is 0 Å². The second-order valence-corrected chi connectivity index (χ2v) is 9.63. The molecule has 4 rings (SSSR count). The number of allylic oxidation sites excluding steroid dienone is 1. The zero-order chi connectivity index (χ0) is 19.2. The molecule has 0 saturated heterocycles. The second-order valence-electron chi connectivity index (χ2n) is 9.63. The molecule has 1 amide bonds. The van der Waals surface area contributed by atoms with Gasteiger partial charge in [0.25, 0.3) is 0 Å². The van der Waals surface area contributed by atoms with E-state index in [9.17, 15) is 9.90 Å². The first-order valence-electron chi connectivity index (χ1n) is 10.5. The molecule has 27 heavy (non-hydrogen) atoms. The van der Waals surface area contributed by atoms with Crippen molar-refractivity contribution in [3.05, 3.63) is 22.1 Å². The van der Waals surface area contributed by atoms with E-state index in [2.05, 4.69) is 29.9 Å².